The van der Waals surface area contributed by atoms with Gasteiger partial charge in [-0.1, -0.05) is 22.0 Å². The first-order valence-corrected chi connectivity index (χ1v) is 6.84. The first-order valence-electron chi connectivity index (χ1n) is 6.05. The summed E-state index contributed by atoms with van der Waals surface area (Å²) < 4.78 is 19.8. The molecule has 0 fully saturated rings. The Morgan fingerprint density at radius 3 is 2.43 bits per heavy atom. The predicted molar refractivity (Wildman–Crippen MR) is 79.9 cm³/mol. The molecule has 0 aromatic heterocycles. The molecule has 2 aromatic rings. The average molecular weight is 355 g/mol. The lowest BCUT2D eigenvalue weighted by molar-refractivity contribution is -0.387. The van der Waals surface area contributed by atoms with Crippen LogP contribution in [0.3, 0.4) is 0 Å². The van der Waals surface area contributed by atoms with Crippen LogP contribution >= 0.6 is 15.9 Å². The number of ether oxygens (including phenoxy) is 1. The summed E-state index contributed by atoms with van der Waals surface area (Å²) in [6, 6.07) is 8.45. The standard InChI is InChI=1S/C14H12BrFN2O3/c1-8(17)11-4-2-9(6-12(11)15)21-10-3-5-14(18(19)20)13(16)7-10/h2-8H,17H2,1H3. The summed E-state index contributed by atoms with van der Waals surface area (Å²) in [5.41, 5.74) is 6.12. The molecule has 0 saturated carbocycles. The van der Waals surface area contributed by atoms with Gasteiger partial charge >= 0.3 is 5.69 Å². The molecular formula is C14H12BrFN2O3. The second-order valence-corrected chi connectivity index (χ2v) is 5.30. The van der Waals surface area contributed by atoms with Crippen LogP contribution in [0.2, 0.25) is 0 Å². The van der Waals surface area contributed by atoms with E-state index in [2.05, 4.69) is 15.9 Å². The summed E-state index contributed by atoms with van der Waals surface area (Å²) in [5.74, 6) is -0.290. The van der Waals surface area contributed by atoms with E-state index >= 15 is 0 Å². The first kappa shape index (κ1) is 15.4. The monoisotopic (exact) mass is 354 g/mol. The van der Waals surface area contributed by atoms with E-state index in [1.807, 2.05) is 6.92 Å². The summed E-state index contributed by atoms with van der Waals surface area (Å²) >= 11 is 3.38. The fourth-order valence-electron chi connectivity index (χ4n) is 1.78. The molecule has 0 saturated heterocycles. The second kappa shape index (κ2) is 6.19. The highest BCUT2D eigenvalue weighted by molar-refractivity contribution is 9.10. The lowest BCUT2D eigenvalue weighted by Crippen LogP contribution is -2.05. The fraction of sp³-hybridized carbons (Fsp3) is 0.143. The topological polar surface area (TPSA) is 78.4 Å². The highest BCUT2D eigenvalue weighted by Gasteiger charge is 2.15. The quantitative estimate of drug-likeness (QED) is 0.655. The highest BCUT2D eigenvalue weighted by atomic mass is 79.9. The zero-order valence-corrected chi connectivity index (χ0v) is 12.6. The summed E-state index contributed by atoms with van der Waals surface area (Å²) in [6.07, 6.45) is 0. The molecule has 0 aliphatic rings. The minimum Gasteiger partial charge on any atom is -0.457 e. The van der Waals surface area contributed by atoms with Crippen molar-refractivity contribution in [3.05, 3.63) is 62.4 Å². The van der Waals surface area contributed by atoms with E-state index in [0.717, 1.165) is 22.2 Å². The third-order valence-electron chi connectivity index (χ3n) is 2.81. The predicted octanol–water partition coefficient (Wildman–Crippen LogP) is 4.31. The number of rotatable bonds is 4. The Morgan fingerprint density at radius 2 is 1.90 bits per heavy atom. The third kappa shape index (κ3) is 3.56. The Morgan fingerprint density at radius 1 is 1.29 bits per heavy atom. The van der Waals surface area contributed by atoms with Crippen LogP contribution in [0.5, 0.6) is 11.5 Å². The number of nitrogens with two attached hydrogens (primary N) is 1. The number of halogens is 2. The van der Waals surface area contributed by atoms with Crippen molar-refractivity contribution >= 4 is 21.6 Å². The summed E-state index contributed by atoms with van der Waals surface area (Å²) in [4.78, 5) is 9.76. The van der Waals surface area contributed by atoms with E-state index in [1.165, 1.54) is 6.07 Å². The molecule has 7 heteroatoms. The fourth-order valence-corrected chi connectivity index (χ4v) is 2.49. The van der Waals surface area contributed by atoms with E-state index in [9.17, 15) is 14.5 Å². The molecule has 0 aliphatic carbocycles. The van der Waals surface area contributed by atoms with Crippen LogP contribution in [0.4, 0.5) is 10.1 Å². The van der Waals surface area contributed by atoms with Gasteiger partial charge in [0.05, 0.1) is 4.92 Å². The summed E-state index contributed by atoms with van der Waals surface area (Å²) in [7, 11) is 0. The third-order valence-corrected chi connectivity index (χ3v) is 3.50. The largest absolute Gasteiger partial charge is 0.457 e. The zero-order valence-electron chi connectivity index (χ0n) is 11.0. The SMILES string of the molecule is CC(N)c1ccc(Oc2ccc([N+](=O)[O-])c(F)c2)cc1Br. The maximum Gasteiger partial charge on any atom is 0.305 e. The lowest BCUT2D eigenvalue weighted by Gasteiger charge is -2.11. The number of nitro benzene ring substituents is 1. The molecule has 2 N–H and O–H groups in total. The molecule has 0 amide bonds. The van der Waals surface area contributed by atoms with E-state index in [4.69, 9.17) is 10.5 Å². The maximum atomic E-state index is 13.5. The van der Waals surface area contributed by atoms with Gasteiger partial charge in [0.15, 0.2) is 0 Å². The Labute approximate surface area is 128 Å². The zero-order chi connectivity index (χ0) is 15.6. The highest BCUT2D eigenvalue weighted by Crippen LogP contribution is 2.31. The molecule has 0 bridgehead atoms. The molecule has 0 radical (unpaired) electrons. The Bertz CT molecular complexity index is 692. The minimum absolute atomic E-state index is 0.134. The Hall–Kier alpha value is -1.99. The van der Waals surface area contributed by atoms with Gasteiger partial charge in [0.1, 0.15) is 11.5 Å². The molecule has 0 aliphatic heterocycles. The number of benzene rings is 2. The molecule has 5 nitrogen and oxygen atoms in total. The molecule has 1 unspecified atom stereocenters. The smallest absolute Gasteiger partial charge is 0.305 e. The van der Waals surface area contributed by atoms with Crippen molar-refractivity contribution in [3.63, 3.8) is 0 Å². The van der Waals surface area contributed by atoms with Crippen molar-refractivity contribution in [2.45, 2.75) is 13.0 Å². The molecule has 110 valence electrons. The van der Waals surface area contributed by atoms with Crippen LogP contribution in [-0.4, -0.2) is 4.92 Å². The molecule has 0 heterocycles. The minimum atomic E-state index is -0.941. The van der Waals surface area contributed by atoms with Crippen molar-refractivity contribution in [2.24, 2.45) is 5.73 Å². The van der Waals surface area contributed by atoms with Gasteiger partial charge in [-0.05, 0) is 30.7 Å². The van der Waals surface area contributed by atoms with Crippen LogP contribution in [0.1, 0.15) is 18.5 Å². The van der Waals surface area contributed by atoms with Gasteiger partial charge in [0.25, 0.3) is 0 Å². The molecule has 2 rings (SSSR count). The van der Waals surface area contributed by atoms with E-state index in [0.29, 0.717) is 5.75 Å². The number of hydrogen-bond donors (Lipinski definition) is 1. The van der Waals surface area contributed by atoms with Gasteiger partial charge in [-0.2, -0.15) is 4.39 Å². The maximum absolute atomic E-state index is 13.5. The van der Waals surface area contributed by atoms with E-state index in [-0.39, 0.29) is 11.8 Å². The van der Waals surface area contributed by atoms with Crippen LogP contribution in [0, 0.1) is 15.9 Å². The average Bonchev–Trinajstić information content (AvgIpc) is 2.37. The van der Waals surface area contributed by atoms with Gasteiger partial charge in [-0.15, -0.1) is 0 Å². The van der Waals surface area contributed by atoms with Crippen LogP contribution in [-0.2, 0) is 0 Å². The van der Waals surface area contributed by atoms with Crippen molar-refractivity contribution in [1.82, 2.24) is 0 Å². The first-order chi connectivity index (χ1) is 9.88. The summed E-state index contributed by atoms with van der Waals surface area (Å²) in [6.45, 7) is 1.85. The molecular weight excluding hydrogens is 343 g/mol. The Balaban J connectivity index is 2.24. The van der Waals surface area contributed by atoms with Crippen LogP contribution < -0.4 is 10.5 Å². The van der Waals surface area contributed by atoms with Crippen molar-refractivity contribution in [2.75, 3.05) is 0 Å². The van der Waals surface area contributed by atoms with Gasteiger partial charge in [0, 0.05) is 22.6 Å². The number of nitrogens with zero attached hydrogens (tertiary/aromatic N) is 1. The van der Waals surface area contributed by atoms with Crippen molar-refractivity contribution in [3.8, 4) is 11.5 Å². The van der Waals surface area contributed by atoms with E-state index in [1.54, 1.807) is 18.2 Å². The van der Waals surface area contributed by atoms with Gasteiger partial charge in [-0.25, -0.2) is 0 Å². The van der Waals surface area contributed by atoms with Gasteiger partial charge < -0.3 is 10.5 Å². The van der Waals surface area contributed by atoms with Crippen molar-refractivity contribution < 1.29 is 14.1 Å². The van der Waals surface area contributed by atoms with Gasteiger partial charge in [0.2, 0.25) is 5.82 Å². The number of hydrogen-bond acceptors (Lipinski definition) is 4. The summed E-state index contributed by atoms with van der Waals surface area (Å²) in [5, 5.41) is 10.5. The van der Waals surface area contributed by atoms with Crippen LogP contribution in [0.25, 0.3) is 0 Å². The second-order valence-electron chi connectivity index (χ2n) is 4.44. The van der Waals surface area contributed by atoms with E-state index < -0.39 is 16.4 Å². The lowest BCUT2D eigenvalue weighted by atomic mass is 10.1. The molecule has 1 atom stereocenters. The van der Waals surface area contributed by atoms with Crippen LogP contribution in [0.15, 0.2) is 40.9 Å². The normalized spacial score (nSPS) is 12.0. The molecule has 21 heavy (non-hydrogen) atoms. The number of nitro groups is 1. The Kier molecular flexibility index (Phi) is 4.54. The molecule has 0 spiro atoms. The van der Waals surface area contributed by atoms with Gasteiger partial charge in [-0.3, -0.25) is 10.1 Å². The molecule has 2 aromatic carbocycles. The van der Waals surface area contributed by atoms with Crippen molar-refractivity contribution in [1.29, 1.82) is 0 Å².